The number of allylic oxidation sites excluding steroid dienone is 1. The van der Waals surface area contributed by atoms with Gasteiger partial charge in [-0.15, -0.1) is 0 Å². The molecule has 20 heavy (non-hydrogen) atoms. The van der Waals surface area contributed by atoms with Crippen molar-refractivity contribution in [2.45, 2.75) is 44.1 Å². The Morgan fingerprint density at radius 2 is 1.80 bits per heavy atom. The van der Waals surface area contributed by atoms with E-state index in [9.17, 15) is 0 Å². The highest BCUT2D eigenvalue weighted by atomic mass is 14.9. The molecule has 3 rings (SSSR count). The van der Waals surface area contributed by atoms with Crippen LogP contribution < -0.4 is 11.1 Å². The van der Waals surface area contributed by atoms with E-state index in [-0.39, 0.29) is 5.54 Å². The lowest BCUT2D eigenvalue weighted by Gasteiger charge is -2.38. The molecule has 2 aliphatic rings. The largest absolute Gasteiger partial charge is 0.356 e. The van der Waals surface area contributed by atoms with Crippen molar-refractivity contribution in [1.82, 2.24) is 0 Å². The van der Waals surface area contributed by atoms with Gasteiger partial charge in [-0.05, 0) is 43.4 Å². The number of hydrogen-bond donors (Lipinski definition) is 2. The molecular weight excluding hydrogens is 244 g/mol. The second kappa shape index (κ2) is 5.84. The molecule has 1 unspecified atom stereocenters. The van der Waals surface area contributed by atoms with Crippen LogP contribution in [0.5, 0.6) is 0 Å². The minimum absolute atomic E-state index is 0.123. The molecule has 0 saturated heterocycles. The quantitative estimate of drug-likeness (QED) is 0.861. The molecule has 1 aromatic rings. The molecule has 0 heterocycles. The van der Waals surface area contributed by atoms with Gasteiger partial charge in [0, 0.05) is 16.9 Å². The van der Waals surface area contributed by atoms with Crippen LogP contribution in [0.15, 0.2) is 54.3 Å². The fraction of sp³-hybridized carbons (Fsp3) is 0.444. The number of hydrogen-bond acceptors (Lipinski definition) is 2. The number of rotatable bonds is 3. The molecule has 3 N–H and O–H groups in total. The van der Waals surface area contributed by atoms with Crippen LogP contribution in [0, 0.1) is 5.92 Å². The molecule has 0 bridgehead atoms. The third kappa shape index (κ3) is 2.96. The lowest BCUT2D eigenvalue weighted by Crippen LogP contribution is -2.46. The van der Waals surface area contributed by atoms with E-state index in [0.29, 0.717) is 5.92 Å². The molecule has 0 radical (unpaired) electrons. The van der Waals surface area contributed by atoms with Crippen molar-refractivity contribution in [2.75, 3.05) is 5.32 Å². The number of nitrogens with one attached hydrogen (secondary N) is 1. The van der Waals surface area contributed by atoms with E-state index in [1.54, 1.807) is 0 Å². The number of nitrogens with two attached hydrogens (primary N) is 1. The summed E-state index contributed by atoms with van der Waals surface area (Å²) in [6, 6.07) is 10.3. The first-order valence-electron chi connectivity index (χ1n) is 7.77. The zero-order chi connectivity index (χ0) is 13.8. The zero-order valence-corrected chi connectivity index (χ0v) is 12.0. The summed E-state index contributed by atoms with van der Waals surface area (Å²) >= 11 is 0. The Morgan fingerprint density at radius 1 is 1.05 bits per heavy atom. The van der Waals surface area contributed by atoms with Gasteiger partial charge in [0.15, 0.2) is 0 Å². The number of para-hydroxylation sites is 1. The van der Waals surface area contributed by atoms with Crippen LogP contribution in [0.1, 0.15) is 38.5 Å². The summed E-state index contributed by atoms with van der Waals surface area (Å²) in [5.41, 5.74) is 8.80. The predicted octanol–water partition coefficient (Wildman–Crippen LogP) is 4.22. The second-order valence-electron chi connectivity index (χ2n) is 6.14. The molecule has 1 fully saturated rings. The maximum absolute atomic E-state index is 6.63. The van der Waals surface area contributed by atoms with Gasteiger partial charge in [0.2, 0.25) is 0 Å². The topological polar surface area (TPSA) is 38.0 Å². The molecule has 1 saturated carbocycles. The highest BCUT2D eigenvalue weighted by Gasteiger charge is 2.33. The predicted molar refractivity (Wildman–Crippen MR) is 85.4 cm³/mol. The lowest BCUT2D eigenvalue weighted by atomic mass is 9.72. The summed E-state index contributed by atoms with van der Waals surface area (Å²) in [6.45, 7) is 0. The SMILES string of the molecule is NC1(C2CCCCC2)C=CC(Nc2ccccc2)=CC1. The monoisotopic (exact) mass is 268 g/mol. The van der Waals surface area contributed by atoms with Crippen LogP contribution in [-0.2, 0) is 0 Å². The highest BCUT2D eigenvalue weighted by Crippen LogP contribution is 2.36. The Kier molecular flexibility index (Phi) is 3.93. The molecule has 0 amide bonds. The summed E-state index contributed by atoms with van der Waals surface area (Å²) in [6.07, 6.45) is 14.2. The van der Waals surface area contributed by atoms with Crippen molar-refractivity contribution >= 4 is 5.69 Å². The lowest BCUT2D eigenvalue weighted by molar-refractivity contribution is 0.248. The van der Waals surface area contributed by atoms with Crippen molar-refractivity contribution in [2.24, 2.45) is 11.7 Å². The highest BCUT2D eigenvalue weighted by molar-refractivity contribution is 5.51. The van der Waals surface area contributed by atoms with E-state index in [4.69, 9.17) is 5.73 Å². The third-order valence-electron chi connectivity index (χ3n) is 4.68. The third-order valence-corrected chi connectivity index (χ3v) is 4.68. The summed E-state index contributed by atoms with van der Waals surface area (Å²) in [7, 11) is 0. The second-order valence-corrected chi connectivity index (χ2v) is 6.14. The molecule has 2 aliphatic carbocycles. The maximum atomic E-state index is 6.63. The van der Waals surface area contributed by atoms with Gasteiger partial charge < -0.3 is 11.1 Å². The average molecular weight is 268 g/mol. The van der Waals surface area contributed by atoms with E-state index in [2.05, 4.69) is 35.7 Å². The zero-order valence-electron chi connectivity index (χ0n) is 12.0. The molecule has 1 aromatic carbocycles. The van der Waals surface area contributed by atoms with E-state index in [1.807, 2.05) is 18.2 Å². The van der Waals surface area contributed by atoms with Gasteiger partial charge in [0.25, 0.3) is 0 Å². The summed E-state index contributed by atoms with van der Waals surface area (Å²) < 4.78 is 0. The molecule has 0 aromatic heterocycles. The molecule has 2 nitrogen and oxygen atoms in total. The summed E-state index contributed by atoms with van der Waals surface area (Å²) in [5, 5.41) is 3.44. The fourth-order valence-corrected chi connectivity index (χ4v) is 3.39. The standard InChI is InChI=1S/C18H24N2/c19-18(15-7-3-1-4-8-15)13-11-17(12-14-18)20-16-9-5-2-6-10-16/h2,5-6,9-13,15,20H,1,3-4,7-8,14,19H2. The fourth-order valence-electron chi connectivity index (χ4n) is 3.39. The molecule has 1 atom stereocenters. The Balaban J connectivity index is 1.64. The van der Waals surface area contributed by atoms with Crippen LogP contribution in [0.4, 0.5) is 5.69 Å². The minimum atomic E-state index is -0.123. The van der Waals surface area contributed by atoms with Gasteiger partial charge in [-0.2, -0.15) is 0 Å². The summed E-state index contributed by atoms with van der Waals surface area (Å²) in [4.78, 5) is 0. The van der Waals surface area contributed by atoms with Crippen molar-refractivity contribution in [1.29, 1.82) is 0 Å². The van der Waals surface area contributed by atoms with Gasteiger partial charge in [0.1, 0.15) is 0 Å². The first kappa shape index (κ1) is 13.4. The average Bonchev–Trinajstić information content (AvgIpc) is 2.52. The number of anilines is 1. The van der Waals surface area contributed by atoms with E-state index >= 15 is 0 Å². The van der Waals surface area contributed by atoms with Crippen LogP contribution in [0.25, 0.3) is 0 Å². The van der Waals surface area contributed by atoms with Crippen LogP contribution >= 0.6 is 0 Å². The van der Waals surface area contributed by atoms with E-state index < -0.39 is 0 Å². The van der Waals surface area contributed by atoms with Gasteiger partial charge in [-0.25, -0.2) is 0 Å². The Bertz CT molecular complexity index is 497. The van der Waals surface area contributed by atoms with Gasteiger partial charge in [-0.3, -0.25) is 0 Å². The van der Waals surface area contributed by atoms with Gasteiger partial charge >= 0.3 is 0 Å². The van der Waals surface area contributed by atoms with E-state index in [0.717, 1.165) is 17.8 Å². The molecule has 2 heteroatoms. The molecule has 0 aliphatic heterocycles. The first-order chi connectivity index (χ1) is 9.76. The molecule has 0 spiro atoms. The normalized spacial score (nSPS) is 27.1. The van der Waals surface area contributed by atoms with Gasteiger partial charge in [-0.1, -0.05) is 49.6 Å². The number of benzene rings is 1. The Labute approximate surface area is 121 Å². The maximum Gasteiger partial charge on any atom is 0.0407 e. The first-order valence-corrected chi connectivity index (χ1v) is 7.77. The van der Waals surface area contributed by atoms with Gasteiger partial charge in [0.05, 0.1) is 0 Å². The van der Waals surface area contributed by atoms with Crippen molar-refractivity contribution < 1.29 is 0 Å². The van der Waals surface area contributed by atoms with Crippen LogP contribution in [-0.4, -0.2) is 5.54 Å². The van der Waals surface area contributed by atoms with Crippen LogP contribution in [0.3, 0.4) is 0 Å². The smallest absolute Gasteiger partial charge is 0.0407 e. The van der Waals surface area contributed by atoms with Crippen molar-refractivity contribution in [3.05, 3.63) is 54.3 Å². The molecular formula is C18H24N2. The van der Waals surface area contributed by atoms with E-state index in [1.165, 1.54) is 32.1 Å². The summed E-state index contributed by atoms with van der Waals surface area (Å²) in [5.74, 6) is 0.655. The Hall–Kier alpha value is -1.54. The Morgan fingerprint density at radius 3 is 2.45 bits per heavy atom. The van der Waals surface area contributed by atoms with Crippen molar-refractivity contribution in [3.8, 4) is 0 Å². The van der Waals surface area contributed by atoms with Crippen LogP contribution in [0.2, 0.25) is 0 Å². The van der Waals surface area contributed by atoms with Crippen molar-refractivity contribution in [3.63, 3.8) is 0 Å². The molecule has 106 valence electrons. The minimum Gasteiger partial charge on any atom is -0.356 e.